The van der Waals surface area contributed by atoms with E-state index < -0.39 is 0 Å². The minimum absolute atomic E-state index is 0.0200. The first kappa shape index (κ1) is 22.2. The van der Waals surface area contributed by atoms with E-state index in [1.165, 1.54) is 25.7 Å². The number of rotatable bonds is 11. The molecule has 0 bridgehead atoms. The summed E-state index contributed by atoms with van der Waals surface area (Å²) >= 11 is 0. The van der Waals surface area contributed by atoms with Crippen molar-refractivity contribution < 1.29 is 14.2 Å². The first-order valence-corrected chi connectivity index (χ1v) is 10.9. The maximum absolute atomic E-state index is 6.05. The number of ether oxygens (including phenoxy) is 3. The van der Waals surface area contributed by atoms with Crippen molar-refractivity contribution in [2.75, 3.05) is 26.4 Å². The zero-order chi connectivity index (χ0) is 19.3. The van der Waals surface area contributed by atoms with Crippen LogP contribution in [-0.4, -0.2) is 38.1 Å². The van der Waals surface area contributed by atoms with Crippen molar-refractivity contribution in [1.82, 2.24) is 0 Å². The van der Waals surface area contributed by atoms with Gasteiger partial charge in [-0.2, -0.15) is 0 Å². The third kappa shape index (κ3) is 7.48. The molecule has 2 saturated carbocycles. The van der Waals surface area contributed by atoms with Crippen LogP contribution >= 0.6 is 0 Å². The lowest BCUT2D eigenvalue weighted by Gasteiger charge is -2.60. The molecule has 0 radical (unpaired) electrons. The molecule has 0 amide bonds. The van der Waals surface area contributed by atoms with Gasteiger partial charge in [0, 0.05) is 26.4 Å². The van der Waals surface area contributed by atoms with Crippen LogP contribution in [0.1, 0.15) is 92.9 Å². The van der Waals surface area contributed by atoms with Crippen molar-refractivity contribution in [3.8, 4) is 0 Å². The third-order valence-corrected chi connectivity index (χ3v) is 6.16. The van der Waals surface area contributed by atoms with Gasteiger partial charge < -0.3 is 14.2 Å². The Morgan fingerprint density at radius 3 is 1.81 bits per heavy atom. The fourth-order valence-electron chi connectivity index (χ4n) is 4.30. The highest BCUT2D eigenvalue weighted by molar-refractivity contribution is 5.06. The first-order chi connectivity index (χ1) is 12.1. The molecule has 0 unspecified atom stereocenters. The van der Waals surface area contributed by atoms with Crippen LogP contribution in [0, 0.1) is 16.7 Å². The summed E-state index contributed by atoms with van der Waals surface area (Å²) in [4.78, 5) is 0. The zero-order valence-corrected chi connectivity index (χ0v) is 18.4. The summed E-state index contributed by atoms with van der Waals surface area (Å²) in [5, 5.41) is 0. The zero-order valence-electron chi connectivity index (χ0n) is 18.4. The molecule has 0 aromatic carbocycles. The van der Waals surface area contributed by atoms with Gasteiger partial charge in [0.1, 0.15) is 0 Å². The highest BCUT2D eigenvalue weighted by atomic mass is 16.5. The lowest BCUT2D eigenvalue weighted by atomic mass is 9.46. The number of unbranched alkanes of at least 4 members (excludes halogenated alkanes) is 2. The Bertz CT molecular complexity index is 391. The van der Waals surface area contributed by atoms with Crippen LogP contribution in [0.2, 0.25) is 0 Å². The molecule has 0 atom stereocenters. The second kappa shape index (κ2) is 9.39. The molecule has 2 fully saturated rings. The molecule has 0 N–H and O–H groups in total. The Kier molecular flexibility index (Phi) is 8.00. The lowest BCUT2D eigenvalue weighted by Crippen LogP contribution is -2.53. The monoisotopic (exact) mass is 368 g/mol. The fourth-order valence-corrected chi connectivity index (χ4v) is 4.30. The molecule has 2 aliphatic rings. The standard InChI is InChI=1S/C23H44O3/c1-21(2,3)19-15-23(16-19)17-20(18-23)25-13-9-7-11-24-12-8-10-14-26-22(4,5)6/h19-20H,7-18H2,1-6H3. The van der Waals surface area contributed by atoms with Crippen LogP contribution in [-0.2, 0) is 14.2 Å². The molecule has 0 aliphatic heterocycles. The van der Waals surface area contributed by atoms with Gasteiger partial charge in [-0.05, 0) is 88.9 Å². The molecule has 2 rings (SSSR count). The van der Waals surface area contributed by atoms with Gasteiger partial charge in [0.2, 0.25) is 0 Å². The lowest BCUT2D eigenvalue weighted by molar-refractivity contribution is -0.157. The van der Waals surface area contributed by atoms with Crippen molar-refractivity contribution in [2.45, 2.75) is 105 Å². The van der Waals surface area contributed by atoms with E-state index >= 15 is 0 Å². The van der Waals surface area contributed by atoms with Crippen LogP contribution in [0.25, 0.3) is 0 Å². The Labute approximate surface area is 162 Å². The molecular formula is C23H44O3. The summed E-state index contributed by atoms with van der Waals surface area (Å²) in [6.07, 6.45) is 10.4. The summed E-state index contributed by atoms with van der Waals surface area (Å²) in [6.45, 7) is 16.9. The van der Waals surface area contributed by atoms with Crippen LogP contribution in [0.4, 0.5) is 0 Å². The predicted molar refractivity (Wildman–Crippen MR) is 109 cm³/mol. The summed E-state index contributed by atoms with van der Waals surface area (Å²) in [6, 6.07) is 0. The average Bonchev–Trinajstić information content (AvgIpc) is 2.41. The minimum atomic E-state index is -0.0200. The summed E-state index contributed by atoms with van der Waals surface area (Å²) in [5.41, 5.74) is 1.15. The SMILES string of the molecule is CC(C)(C)OCCCCOCCCCOC1CC2(C1)CC(C(C)(C)C)C2. The fraction of sp³-hybridized carbons (Fsp3) is 1.00. The van der Waals surface area contributed by atoms with Gasteiger partial charge >= 0.3 is 0 Å². The van der Waals surface area contributed by atoms with Gasteiger partial charge in [0.05, 0.1) is 11.7 Å². The van der Waals surface area contributed by atoms with Crippen molar-refractivity contribution >= 4 is 0 Å². The van der Waals surface area contributed by atoms with E-state index in [1.54, 1.807) is 0 Å². The molecule has 3 heteroatoms. The summed E-state index contributed by atoms with van der Waals surface area (Å²) in [5.74, 6) is 0.931. The quantitative estimate of drug-likeness (QED) is 0.419. The normalized spacial score (nSPS) is 28.8. The van der Waals surface area contributed by atoms with Crippen molar-refractivity contribution in [1.29, 1.82) is 0 Å². The minimum Gasteiger partial charge on any atom is -0.381 e. The number of hydrogen-bond acceptors (Lipinski definition) is 3. The Balaban J connectivity index is 1.33. The molecule has 154 valence electrons. The highest BCUT2D eigenvalue weighted by Crippen LogP contribution is 2.63. The van der Waals surface area contributed by atoms with E-state index in [-0.39, 0.29) is 5.60 Å². The topological polar surface area (TPSA) is 27.7 Å². The Morgan fingerprint density at radius 2 is 1.27 bits per heavy atom. The smallest absolute Gasteiger partial charge is 0.0598 e. The van der Waals surface area contributed by atoms with Gasteiger partial charge in [-0.1, -0.05) is 20.8 Å². The third-order valence-electron chi connectivity index (χ3n) is 6.16. The molecule has 0 heterocycles. The van der Waals surface area contributed by atoms with Crippen molar-refractivity contribution in [3.05, 3.63) is 0 Å². The van der Waals surface area contributed by atoms with Gasteiger partial charge in [-0.25, -0.2) is 0 Å². The Hall–Kier alpha value is -0.120. The van der Waals surface area contributed by atoms with Crippen LogP contribution < -0.4 is 0 Å². The second-order valence-corrected chi connectivity index (χ2v) is 10.9. The maximum atomic E-state index is 6.05. The molecule has 3 nitrogen and oxygen atoms in total. The van der Waals surface area contributed by atoms with Gasteiger partial charge in [-0.3, -0.25) is 0 Å². The van der Waals surface area contributed by atoms with E-state index in [1.807, 2.05) is 0 Å². The van der Waals surface area contributed by atoms with Crippen LogP contribution in [0.5, 0.6) is 0 Å². The average molecular weight is 369 g/mol. The van der Waals surface area contributed by atoms with Gasteiger partial charge in [-0.15, -0.1) is 0 Å². The summed E-state index contributed by atoms with van der Waals surface area (Å²) < 4.78 is 17.5. The van der Waals surface area contributed by atoms with Gasteiger partial charge in [0.25, 0.3) is 0 Å². The van der Waals surface area contributed by atoms with E-state index in [0.717, 1.165) is 58.0 Å². The molecular weight excluding hydrogens is 324 g/mol. The van der Waals surface area contributed by atoms with Crippen LogP contribution in [0.3, 0.4) is 0 Å². The van der Waals surface area contributed by atoms with E-state index in [2.05, 4.69) is 41.5 Å². The van der Waals surface area contributed by atoms with Crippen molar-refractivity contribution in [2.24, 2.45) is 16.7 Å². The molecule has 2 aliphatic carbocycles. The Morgan fingerprint density at radius 1 is 0.731 bits per heavy atom. The van der Waals surface area contributed by atoms with Crippen molar-refractivity contribution in [3.63, 3.8) is 0 Å². The first-order valence-electron chi connectivity index (χ1n) is 10.9. The highest BCUT2D eigenvalue weighted by Gasteiger charge is 2.55. The summed E-state index contributed by atoms with van der Waals surface area (Å²) in [7, 11) is 0. The predicted octanol–water partition coefficient (Wildman–Crippen LogP) is 6.00. The maximum Gasteiger partial charge on any atom is 0.0598 e. The van der Waals surface area contributed by atoms with E-state index in [9.17, 15) is 0 Å². The molecule has 0 aromatic heterocycles. The van der Waals surface area contributed by atoms with Crippen LogP contribution in [0.15, 0.2) is 0 Å². The largest absolute Gasteiger partial charge is 0.381 e. The van der Waals surface area contributed by atoms with Gasteiger partial charge in [0.15, 0.2) is 0 Å². The molecule has 26 heavy (non-hydrogen) atoms. The number of hydrogen-bond donors (Lipinski definition) is 0. The van der Waals surface area contributed by atoms with E-state index in [0.29, 0.717) is 16.9 Å². The molecule has 1 spiro atoms. The molecule has 0 aromatic rings. The molecule has 0 saturated heterocycles. The van der Waals surface area contributed by atoms with E-state index in [4.69, 9.17) is 14.2 Å². The second-order valence-electron chi connectivity index (χ2n) is 10.9.